The Morgan fingerprint density at radius 3 is 2.24 bits per heavy atom. The maximum Gasteiger partial charge on any atom is 0.130 e. The van der Waals surface area contributed by atoms with Gasteiger partial charge in [0.05, 0.1) is 0 Å². The van der Waals surface area contributed by atoms with Crippen LogP contribution in [-0.2, 0) is 0 Å². The molecule has 2 nitrogen and oxygen atoms in total. The Balaban J connectivity index is 2.68. The Labute approximate surface area is 107 Å². The van der Waals surface area contributed by atoms with Gasteiger partial charge in [0.1, 0.15) is 10.5 Å². The molecule has 0 spiro atoms. The molecule has 88 valence electrons. The van der Waals surface area contributed by atoms with Gasteiger partial charge in [-0.3, -0.25) is 0 Å². The molecule has 1 heterocycles. The summed E-state index contributed by atoms with van der Waals surface area (Å²) in [6, 6.07) is 6.32. The van der Waals surface area contributed by atoms with E-state index in [1.807, 2.05) is 13.0 Å². The molecule has 0 fully saturated rings. The van der Waals surface area contributed by atoms with Gasteiger partial charge >= 0.3 is 0 Å². The lowest BCUT2D eigenvalue weighted by Gasteiger charge is -2.10. The second kappa shape index (κ2) is 4.41. The first-order valence-corrected chi connectivity index (χ1v) is 6.04. The third kappa shape index (κ3) is 2.44. The Morgan fingerprint density at radius 1 is 0.941 bits per heavy atom. The van der Waals surface area contributed by atoms with Crippen LogP contribution in [0.3, 0.4) is 0 Å². The number of nitrogens with zero attached hydrogens (tertiary/aromatic N) is 1. The highest BCUT2D eigenvalue weighted by Crippen LogP contribution is 2.24. The van der Waals surface area contributed by atoms with Crippen molar-refractivity contribution in [1.82, 2.24) is 9.97 Å². The van der Waals surface area contributed by atoms with E-state index in [1.54, 1.807) is 0 Å². The Morgan fingerprint density at radius 2 is 1.59 bits per heavy atom. The number of rotatable bonds is 1. The van der Waals surface area contributed by atoms with Crippen molar-refractivity contribution in [3.05, 3.63) is 45.4 Å². The fourth-order valence-corrected chi connectivity index (χ4v) is 2.23. The molecule has 0 saturated carbocycles. The molecule has 0 unspecified atom stereocenters. The highest BCUT2D eigenvalue weighted by atomic mass is 32.1. The summed E-state index contributed by atoms with van der Waals surface area (Å²) in [4.78, 5) is 7.46. The maximum atomic E-state index is 5.16. The zero-order valence-corrected chi connectivity index (χ0v) is 11.4. The van der Waals surface area contributed by atoms with E-state index < -0.39 is 0 Å². The van der Waals surface area contributed by atoms with Crippen LogP contribution in [0.2, 0.25) is 0 Å². The van der Waals surface area contributed by atoms with Gasteiger partial charge in [-0.2, -0.15) is 0 Å². The molecule has 1 aromatic heterocycles. The highest BCUT2D eigenvalue weighted by Gasteiger charge is 2.05. The van der Waals surface area contributed by atoms with E-state index in [9.17, 15) is 0 Å². The average Bonchev–Trinajstić information content (AvgIpc) is 2.22. The van der Waals surface area contributed by atoms with Crippen LogP contribution in [0.25, 0.3) is 11.3 Å². The van der Waals surface area contributed by atoms with Gasteiger partial charge < -0.3 is 4.98 Å². The summed E-state index contributed by atoms with van der Waals surface area (Å²) in [6.07, 6.45) is 0. The number of hydrogen-bond donors (Lipinski definition) is 1. The van der Waals surface area contributed by atoms with Gasteiger partial charge in [0.25, 0.3) is 0 Å². The van der Waals surface area contributed by atoms with Gasteiger partial charge in [-0.05, 0) is 56.5 Å². The predicted octanol–water partition coefficient (Wildman–Crippen LogP) is 4.04. The molecular weight excluding hydrogens is 228 g/mol. The lowest BCUT2D eigenvalue weighted by Crippen LogP contribution is -1.95. The minimum absolute atomic E-state index is 0.633. The Bertz CT molecular complexity index is 627. The number of H-pyrrole nitrogens is 1. The number of aromatic nitrogens is 2. The van der Waals surface area contributed by atoms with Gasteiger partial charge in [0, 0.05) is 11.3 Å². The second-order valence-corrected chi connectivity index (χ2v) is 4.89. The lowest BCUT2D eigenvalue weighted by molar-refractivity contribution is 1.04. The van der Waals surface area contributed by atoms with Crippen LogP contribution in [0, 0.1) is 32.3 Å². The van der Waals surface area contributed by atoms with Crippen molar-refractivity contribution in [1.29, 1.82) is 0 Å². The largest absolute Gasteiger partial charge is 0.343 e. The molecule has 0 amide bonds. The highest BCUT2D eigenvalue weighted by molar-refractivity contribution is 7.71. The molecule has 1 N–H and O–H groups in total. The molecule has 0 aliphatic heterocycles. The van der Waals surface area contributed by atoms with E-state index in [4.69, 9.17) is 12.2 Å². The summed E-state index contributed by atoms with van der Waals surface area (Å²) < 4.78 is 0.633. The van der Waals surface area contributed by atoms with Crippen molar-refractivity contribution >= 4 is 12.2 Å². The first-order chi connectivity index (χ1) is 7.97. The standard InChI is InChI=1S/C14H16N2S/c1-8-5-10(3)12(6-9(8)2)13-7-14(17)16-11(4)15-13/h5-7H,1-4H3,(H,15,16,17). The fraction of sp³-hybridized carbons (Fsp3) is 0.286. The quantitative estimate of drug-likeness (QED) is 0.767. The summed E-state index contributed by atoms with van der Waals surface area (Å²) in [7, 11) is 0. The summed E-state index contributed by atoms with van der Waals surface area (Å²) in [5.41, 5.74) is 6.10. The van der Waals surface area contributed by atoms with Crippen LogP contribution in [0.1, 0.15) is 22.5 Å². The molecule has 0 aliphatic carbocycles. The normalized spacial score (nSPS) is 10.6. The second-order valence-electron chi connectivity index (χ2n) is 4.47. The molecule has 0 saturated heterocycles. The first-order valence-electron chi connectivity index (χ1n) is 5.63. The van der Waals surface area contributed by atoms with Gasteiger partial charge in [-0.25, -0.2) is 4.98 Å². The topological polar surface area (TPSA) is 28.7 Å². The first kappa shape index (κ1) is 12.0. The van der Waals surface area contributed by atoms with Gasteiger partial charge in [-0.1, -0.05) is 18.3 Å². The monoisotopic (exact) mass is 244 g/mol. The molecule has 17 heavy (non-hydrogen) atoms. The Kier molecular flexibility index (Phi) is 3.11. The number of nitrogens with one attached hydrogen (secondary N) is 1. The molecule has 0 bridgehead atoms. The van der Waals surface area contributed by atoms with Gasteiger partial charge in [0.15, 0.2) is 0 Å². The number of hydrogen-bond acceptors (Lipinski definition) is 2. The molecule has 0 radical (unpaired) electrons. The maximum absolute atomic E-state index is 5.16. The summed E-state index contributed by atoms with van der Waals surface area (Å²) in [5.74, 6) is 0.852. The van der Waals surface area contributed by atoms with E-state index in [0.29, 0.717) is 4.64 Å². The molecule has 1 aromatic carbocycles. The van der Waals surface area contributed by atoms with Crippen molar-refractivity contribution in [2.24, 2.45) is 0 Å². The van der Waals surface area contributed by atoms with Gasteiger partial charge in [0.2, 0.25) is 0 Å². The molecular formula is C14H16N2S. The van der Waals surface area contributed by atoms with E-state index in [2.05, 4.69) is 42.9 Å². The zero-order chi connectivity index (χ0) is 12.6. The smallest absolute Gasteiger partial charge is 0.130 e. The number of benzene rings is 1. The van der Waals surface area contributed by atoms with Crippen LogP contribution in [0.15, 0.2) is 18.2 Å². The summed E-state index contributed by atoms with van der Waals surface area (Å²) in [5, 5.41) is 0. The molecule has 2 rings (SSSR count). The third-order valence-corrected chi connectivity index (χ3v) is 3.20. The summed E-state index contributed by atoms with van der Waals surface area (Å²) in [6.45, 7) is 8.30. The van der Waals surface area contributed by atoms with Crippen molar-refractivity contribution in [3.8, 4) is 11.3 Å². The summed E-state index contributed by atoms with van der Waals surface area (Å²) >= 11 is 5.16. The van der Waals surface area contributed by atoms with Crippen LogP contribution in [0.4, 0.5) is 0 Å². The van der Waals surface area contributed by atoms with Crippen molar-refractivity contribution < 1.29 is 0 Å². The fourth-order valence-electron chi connectivity index (χ4n) is 1.98. The SMILES string of the molecule is Cc1nc(=S)cc(-c2cc(C)c(C)cc2C)[nH]1. The Hall–Kier alpha value is -1.48. The van der Waals surface area contributed by atoms with E-state index in [0.717, 1.165) is 11.5 Å². The van der Waals surface area contributed by atoms with E-state index in [1.165, 1.54) is 22.3 Å². The number of aromatic amines is 1. The zero-order valence-electron chi connectivity index (χ0n) is 10.6. The van der Waals surface area contributed by atoms with Crippen molar-refractivity contribution in [2.45, 2.75) is 27.7 Å². The van der Waals surface area contributed by atoms with Crippen LogP contribution >= 0.6 is 12.2 Å². The van der Waals surface area contributed by atoms with E-state index >= 15 is 0 Å². The van der Waals surface area contributed by atoms with Crippen molar-refractivity contribution in [3.63, 3.8) is 0 Å². The minimum atomic E-state index is 0.633. The molecule has 3 heteroatoms. The lowest BCUT2D eigenvalue weighted by atomic mass is 9.99. The average molecular weight is 244 g/mol. The molecule has 0 aliphatic rings. The molecule has 2 aromatic rings. The van der Waals surface area contributed by atoms with Crippen molar-refractivity contribution in [2.75, 3.05) is 0 Å². The minimum Gasteiger partial charge on any atom is -0.343 e. The number of aryl methyl sites for hydroxylation is 4. The predicted molar refractivity (Wildman–Crippen MR) is 73.8 cm³/mol. The van der Waals surface area contributed by atoms with Gasteiger partial charge in [-0.15, -0.1) is 0 Å². The molecule has 0 atom stereocenters. The third-order valence-electron chi connectivity index (χ3n) is 2.99. The van der Waals surface area contributed by atoms with Crippen LogP contribution in [-0.4, -0.2) is 9.97 Å². The van der Waals surface area contributed by atoms with Crippen LogP contribution in [0.5, 0.6) is 0 Å². The van der Waals surface area contributed by atoms with E-state index in [-0.39, 0.29) is 0 Å². The van der Waals surface area contributed by atoms with Crippen LogP contribution < -0.4 is 0 Å².